The van der Waals surface area contributed by atoms with E-state index in [1.54, 1.807) is 32.0 Å². The zero-order valence-corrected chi connectivity index (χ0v) is 15.6. The number of Topliss-reactive ketones (excluding diaryl/α,β-unsaturated/α-hetero) is 1. The summed E-state index contributed by atoms with van der Waals surface area (Å²) in [5, 5.41) is 3.23. The van der Waals surface area contributed by atoms with Crippen molar-refractivity contribution in [2.45, 2.75) is 46.5 Å². The molecule has 26 heavy (non-hydrogen) atoms. The Morgan fingerprint density at radius 1 is 1.31 bits per heavy atom. The van der Waals surface area contributed by atoms with Crippen molar-refractivity contribution in [3.8, 4) is 0 Å². The lowest BCUT2D eigenvalue weighted by atomic mass is 9.68. The minimum atomic E-state index is -0.741. The molecule has 2 aliphatic rings. The summed E-state index contributed by atoms with van der Waals surface area (Å²) in [7, 11) is 0. The Labute approximate surface area is 153 Å². The Balaban J connectivity index is 2.21. The van der Waals surface area contributed by atoms with E-state index < -0.39 is 17.7 Å². The predicted molar refractivity (Wildman–Crippen MR) is 96.7 cm³/mol. The van der Waals surface area contributed by atoms with Gasteiger partial charge in [0.15, 0.2) is 5.78 Å². The van der Waals surface area contributed by atoms with Crippen LogP contribution in [-0.2, 0) is 14.3 Å². The first-order valence-electron chi connectivity index (χ1n) is 8.90. The number of esters is 1. The summed E-state index contributed by atoms with van der Waals surface area (Å²) >= 11 is 0. The molecule has 138 valence electrons. The van der Waals surface area contributed by atoms with Gasteiger partial charge in [0.2, 0.25) is 0 Å². The van der Waals surface area contributed by atoms with E-state index in [9.17, 15) is 14.0 Å². The number of dihydropyridines is 1. The summed E-state index contributed by atoms with van der Waals surface area (Å²) in [6.07, 6.45) is 1.04. The van der Waals surface area contributed by atoms with E-state index in [1.165, 1.54) is 6.07 Å². The number of carbonyl (C=O) groups excluding carboxylic acids is 2. The predicted octanol–water partition coefficient (Wildman–Crippen LogP) is 3.99. The number of halogens is 1. The largest absolute Gasteiger partial charge is 0.463 e. The van der Waals surface area contributed by atoms with Crippen LogP contribution >= 0.6 is 0 Å². The maximum atomic E-state index is 14.6. The summed E-state index contributed by atoms with van der Waals surface area (Å²) in [6, 6.07) is 6.31. The maximum absolute atomic E-state index is 14.6. The molecule has 1 aliphatic heterocycles. The van der Waals surface area contributed by atoms with E-state index in [0.717, 1.165) is 5.70 Å². The van der Waals surface area contributed by atoms with E-state index >= 15 is 0 Å². The second-order valence-corrected chi connectivity index (χ2v) is 7.67. The van der Waals surface area contributed by atoms with Gasteiger partial charge in [-0.1, -0.05) is 32.0 Å². The van der Waals surface area contributed by atoms with E-state index in [0.29, 0.717) is 35.2 Å². The third-order valence-electron chi connectivity index (χ3n) is 4.95. The molecule has 0 saturated carbocycles. The normalized spacial score (nSPS) is 22.0. The molecule has 0 spiro atoms. The van der Waals surface area contributed by atoms with Gasteiger partial charge in [-0.25, -0.2) is 9.18 Å². The van der Waals surface area contributed by atoms with E-state index in [1.807, 2.05) is 13.8 Å². The monoisotopic (exact) mass is 357 g/mol. The van der Waals surface area contributed by atoms with Crippen molar-refractivity contribution in [3.63, 3.8) is 0 Å². The Morgan fingerprint density at radius 3 is 2.65 bits per heavy atom. The highest BCUT2D eigenvalue weighted by Crippen LogP contribution is 2.47. The zero-order valence-electron chi connectivity index (χ0n) is 15.6. The molecule has 1 aromatic rings. The van der Waals surface area contributed by atoms with Gasteiger partial charge in [-0.15, -0.1) is 0 Å². The van der Waals surface area contributed by atoms with Crippen LogP contribution in [0.1, 0.15) is 52.0 Å². The van der Waals surface area contributed by atoms with Gasteiger partial charge in [0.05, 0.1) is 18.1 Å². The van der Waals surface area contributed by atoms with Crippen molar-refractivity contribution >= 4 is 11.8 Å². The standard InChI is InChI=1S/C21H24FNO3/c1-5-26-20(25)17-12(2)23-15-10-21(3,4)11-16(24)19(15)18(17)13-8-6-7-9-14(13)22/h6-9,18,23H,5,10-11H2,1-4H3/t18-/m0/s1. The van der Waals surface area contributed by atoms with E-state index in [2.05, 4.69) is 5.32 Å². The topological polar surface area (TPSA) is 55.4 Å². The molecule has 0 fully saturated rings. The molecule has 1 N–H and O–H groups in total. The molecule has 3 rings (SSSR count). The van der Waals surface area contributed by atoms with Crippen molar-refractivity contribution in [2.24, 2.45) is 5.41 Å². The highest BCUT2D eigenvalue weighted by molar-refractivity contribution is 6.04. The second kappa shape index (κ2) is 6.71. The summed E-state index contributed by atoms with van der Waals surface area (Å²) in [4.78, 5) is 25.6. The third-order valence-corrected chi connectivity index (χ3v) is 4.95. The first-order chi connectivity index (χ1) is 12.2. The van der Waals surface area contributed by atoms with Crippen LogP contribution < -0.4 is 5.32 Å². The second-order valence-electron chi connectivity index (χ2n) is 7.67. The average Bonchev–Trinajstić information content (AvgIpc) is 2.53. The van der Waals surface area contributed by atoms with Crippen LogP contribution in [0.15, 0.2) is 46.8 Å². The van der Waals surface area contributed by atoms with Crippen molar-refractivity contribution in [2.75, 3.05) is 6.61 Å². The lowest BCUT2D eigenvalue weighted by Gasteiger charge is -2.39. The number of nitrogens with one attached hydrogen (secondary N) is 1. The Bertz CT molecular complexity index is 835. The van der Waals surface area contributed by atoms with Gasteiger partial charge in [0, 0.05) is 29.0 Å². The third kappa shape index (κ3) is 3.18. The van der Waals surface area contributed by atoms with Crippen LogP contribution in [0.25, 0.3) is 0 Å². The van der Waals surface area contributed by atoms with Gasteiger partial charge in [0.1, 0.15) is 5.82 Å². The summed E-state index contributed by atoms with van der Waals surface area (Å²) in [5.74, 6) is -1.74. The van der Waals surface area contributed by atoms with Crippen LogP contribution in [0.5, 0.6) is 0 Å². The minimum Gasteiger partial charge on any atom is -0.463 e. The number of hydrogen-bond donors (Lipinski definition) is 1. The van der Waals surface area contributed by atoms with Gasteiger partial charge in [-0.05, 0) is 31.7 Å². The first kappa shape index (κ1) is 18.4. The van der Waals surface area contributed by atoms with Gasteiger partial charge < -0.3 is 10.1 Å². The van der Waals surface area contributed by atoms with Crippen LogP contribution in [0.2, 0.25) is 0 Å². The molecule has 1 aliphatic carbocycles. The molecule has 0 aromatic heterocycles. The fraction of sp³-hybridized carbons (Fsp3) is 0.429. The van der Waals surface area contributed by atoms with Crippen LogP contribution in [-0.4, -0.2) is 18.4 Å². The number of ketones is 1. The average molecular weight is 357 g/mol. The van der Waals surface area contributed by atoms with Gasteiger partial charge in [-0.3, -0.25) is 4.79 Å². The van der Waals surface area contributed by atoms with Crippen molar-refractivity contribution in [3.05, 3.63) is 58.2 Å². The fourth-order valence-corrected chi connectivity index (χ4v) is 3.94. The summed E-state index contributed by atoms with van der Waals surface area (Å²) < 4.78 is 19.8. The number of allylic oxidation sites excluding steroid dienone is 3. The highest BCUT2D eigenvalue weighted by Gasteiger charge is 2.43. The lowest BCUT2D eigenvalue weighted by Crippen LogP contribution is -2.39. The van der Waals surface area contributed by atoms with Gasteiger partial charge in [0.25, 0.3) is 0 Å². The number of carbonyl (C=O) groups is 2. The first-order valence-corrected chi connectivity index (χ1v) is 8.90. The minimum absolute atomic E-state index is 0.0497. The Hall–Kier alpha value is -2.43. The van der Waals surface area contributed by atoms with Crippen molar-refractivity contribution < 1.29 is 18.7 Å². The molecule has 1 atom stereocenters. The van der Waals surface area contributed by atoms with Gasteiger partial charge >= 0.3 is 5.97 Å². The molecule has 1 heterocycles. The smallest absolute Gasteiger partial charge is 0.336 e. The fourth-order valence-electron chi connectivity index (χ4n) is 3.94. The highest BCUT2D eigenvalue weighted by atomic mass is 19.1. The summed E-state index contributed by atoms with van der Waals surface area (Å²) in [5.41, 5.74) is 2.35. The molecule has 5 heteroatoms. The quantitative estimate of drug-likeness (QED) is 0.831. The lowest BCUT2D eigenvalue weighted by molar-refractivity contribution is -0.138. The van der Waals surface area contributed by atoms with Gasteiger partial charge in [-0.2, -0.15) is 0 Å². The van der Waals surface area contributed by atoms with Crippen molar-refractivity contribution in [1.29, 1.82) is 0 Å². The summed E-state index contributed by atoms with van der Waals surface area (Å²) in [6.45, 7) is 7.78. The van der Waals surface area contributed by atoms with Crippen molar-refractivity contribution in [1.82, 2.24) is 5.32 Å². The molecule has 0 saturated heterocycles. The zero-order chi connectivity index (χ0) is 19.1. The molecule has 0 bridgehead atoms. The number of rotatable bonds is 3. The van der Waals surface area contributed by atoms with Crippen LogP contribution in [0.3, 0.4) is 0 Å². The Morgan fingerprint density at radius 2 is 2.00 bits per heavy atom. The molecule has 0 radical (unpaired) electrons. The van der Waals surface area contributed by atoms with E-state index in [-0.39, 0.29) is 17.8 Å². The Kier molecular flexibility index (Phi) is 4.74. The number of hydrogen-bond acceptors (Lipinski definition) is 4. The maximum Gasteiger partial charge on any atom is 0.336 e. The molecule has 0 amide bonds. The van der Waals surface area contributed by atoms with E-state index in [4.69, 9.17) is 4.74 Å². The van der Waals surface area contributed by atoms with Crippen LogP contribution in [0.4, 0.5) is 4.39 Å². The number of benzene rings is 1. The molecule has 1 aromatic carbocycles. The molecule has 4 nitrogen and oxygen atoms in total. The molecular formula is C21H24FNO3. The van der Waals surface area contributed by atoms with Crippen LogP contribution in [0, 0.1) is 11.2 Å². The SMILES string of the molecule is CCOC(=O)C1=C(C)NC2=C(C(=O)CC(C)(C)C2)[C@H]1c1ccccc1F. The number of ether oxygens (including phenoxy) is 1. The molecule has 0 unspecified atom stereocenters. The molecular weight excluding hydrogens is 333 g/mol.